The number of hydrogen-bond acceptors (Lipinski definition) is 12. The molecule has 0 bridgehead atoms. The minimum absolute atomic E-state index is 0.00461. The molecule has 16 heteroatoms. The van der Waals surface area contributed by atoms with Gasteiger partial charge in [-0.25, -0.2) is 20.3 Å². The highest BCUT2D eigenvalue weighted by atomic mass is 16.7. The monoisotopic (exact) mass is 898 g/mol. The van der Waals surface area contributed by atoms with Crippen molar-refractivity contribution >= 4 is 25.6 Å². The van der Waals surface area contributed by atoms with E-state index in [1.807, 2.05) is 121 Å². The maximum Gasteiger partial charge on any atom is 0.233 e. The fourth-order valence-corrected chi connectivity index (χ4v) is 7.38. The molecule has 1 aliphatic rings. The Morgan fingerprint density at radius 2 is 0.615 bits per heavy atom. The molecule has 4 unspecified atom stereocenters. The Bertz CT molecular complexity index is 1740. The van der Waals surface area contributed by atoms with Crippen LogP contribution in [0, 0.1) is 23.7 Å². The van der Waals surface area contributed by atoms with Gasteiger partial charge in [-0.1, -0.05) is 121 Å². The topological polar surface area (TPSA) is 155 Å². The van der Waals surface area contributed by atoms with Gasteiger partial charge in [0, 0.05) is 13.2 Å². The standard InChI is InChI=1S/C49H62N4O12/c54-38-50(62-30-42-13-5-1-6-14-42)21-25-58-34-46-29-47(35-59-26-22-51(39-55)63-31-43-15-7-2-8-16-43)49(37-61-28-24-53(41-57)65-33-45-19-11-4-12-20-45)48(46)36-60-27-23-52(40-56)64-32-44-17-9-3-10-18-44/h1-20,38-41,46-49H,21-37H2. The molecule has 5 rings (SSSR count). The Labute approximate surface area is 381 Å². The Morgan fingerprint density at radius 1 is 0.369 bits per heavy atom. The molecule has 0 radical (unpaired) electrons. The maximum atomic E-state index is 11.9. The van der Waals surface area contributed by atoms with Gasteiger partial charge in [0.05, 0.1) is 65.8 Å². The Hall–Kier alpha value is -5.56. The molecule has 350 valence electrons. The van der Waals surface area contributed by atoms with Crippen LogP contribution in [0.3, 0.4) is 0 Å². The first-order valence-electron chi connectivity index (χ1n) is 21.9. The summed E-state index contributed by atoms with van der Waals surface area (Å²) in [4.78, 5) is 70.2. The molecule has 1 aliphatic carbocycles. The SMILES string of the molecule is O=CN(CCOCC1CC(COCCN(C=O)OCc2ccccc2)C(COCCN(C=O)OCc2ccccc2)C1COCCN(C=O)OCc1ccccc1)OCc1ccccc1. The molecule has 0 spiro atoms. The summed E-state index contributed by atoms with van der Waals surface area (Å²) in [5, 5.41) is 4.91. The molecule has 0 aromatic heterocycles. The van der Waals surface area contributed by atoms with Crippen LogP contribution >= 0.6 is 0 Å². The van der Waals surface area contributed by atoms with E-state index in [2.05, 4.69) is 0 Å². The summed E-state index contributed by atoms with van der Waals surface area (Å²) in [5.74, 6) is -0.116. The van der Waals surface area contributed by atoms with Crippen molar-refractivity contribution in [2.75, 3.05) is 79.0 Å². The van der Waals surface area contributed by atoms with E-state index < -0.39 is 0 Å². The number of rotatable bonds is 36. The van der Waals surface area contributed by atoms with Crippen LogP contribution in [0.25, 0.3) is 0 Å². The second kappa shape index (κ2) is 30.6. The van der Waals surface area contributed by atoms with Crippen molar-refractivity contribution < 1.29 is 57.5 Å². The van der Waals surface area contributed by atoms with Gasteiger partial charge in [0.2, 0.25) is 25.6 Å². The lowest BCUT2D eigenvalue weighted by atomic mass is 9.88. The Balaban J connectivity index is 1.20. The van der Waals surface area contributed by atoms with Crippen molar-refractivity contribution in [2.45, 2.75) is 32.8 Å². The van der Waals surface area contributed by atoms with Gasteiger partial charge >= 0.3 is 0 Å². The third-order valence-electron chi connectivity index (χ3n) is 10.9. The number of nitrogens with zero attached hydrogens (tertiary/aromatic N) is 4. The summed E-state index contributed by atoms with van der Waals surface area (Å²) in [5.41, 5.74) is 3.74. The maximum absolute atomic E-state index is 11.9. The van der Waals surface area contributed by atoms with Gasteiger partial charge in [0.1, 0.15) is 26.4 Å². The summed E-state index contributed by atoms with van der Waals surface area (Å²) in [7, 11) is 0. The molecule has 16 nitrogen and oxygen atoms in total. The lowest BCUT2D eigenvalue weighted by Crippen LogP contribution is -2.33. The van der Waals surface area contributed by atoms with Gasteiger partial charge < -0.3 is 18.9 Å². The molecule has 4 atom stereocenters. The van der Waals surface area contributed by atoms with Gasteiger partial charge in [-0.2, -0.15) is 0 Å². The fourth-order valence-electron chi connectivity index (χ4n) is 7.38. The number of amides is 4. The molecule has 4 aromatic rings. The zero-order valence-corrected chi connectivity index (χ0v) is 36.9. The molecule has 0 saturated heterocycles. The molecule has 0 N–H and O–H groups in total. The van der Waals surface area contributed by atoms with E-state index in [1.54, 1.807) is 0 Å². The highest BCUT2D eigenvalue weighted by Gasteiger charge is 2.43. The molecule has 4 aromatic carbocycles. The van der Waals surface area contributed by atoms with Crippen LogP contribution < -0.4 is 0 Å². The quantitative estimate of drug-likeness (QED) is 0.0332. The van der Waals surface area contributed by atoms with Crippen molar-refractivity contribution in [1.82, 2.24) is 20.3 Å². The Kier molecular flexibility index (Phi) is 23.7. The van der Waals surface area contributed by atoms with Crippen molar-refractivity contribution in [3.63, 3.8) is 0 Å². The van der Waals surface area contributed by atoms with Crippen molar-refractivity contribution in [3.8, 4) is 0 Å². The van der Waals surface area contributed by atoms with E-state index in [9.17, 15) is 19.2 Å². The van der Waals surface area contributed by atoms with Gasteiger partial charge in [0.15, 0.2) is 0 Å². The van der Waals surface area contributed by atoms with Crippen LogP contribution in [0.4, 0.5) is 0 Å². The largest absolute Gasteiger partial charge is 0.379 e. The first kappa shape index (κ1) is 50.4. The van der Waals surface area contributed by atoms with Crippen LogP contribution in [-0.2, 0) is 83.9 Å². The molecule has 4 amide bonds. The predicted molar refractivity (Wildman–Crippen MR) is 238 cm³/mol. The van der Waals surface area contributed by atoms with Crippen LogP contribution in [0.15, 0.2) is 121 Å². The number of carbonyl (C=O) groups is 4. The normalized spacial score (nSPS) is 16.7. The van der Waals surface area contributed by atoms with E-state index in [0.717, 1.165) is 22.3 Å². The molecule has 65 heavy (non-hydrogen) atoms. The number of benzene rings is 4. The van der Waals surface area contributed by atoms with Gasteiger partial charge in [-0.15, -0.1) is 0 Å². The van der Waals surface area contributed by atoms with E-state index in [0.29, 0.717) is 58.5 Å². The van der Waals surface area contributed by atoms with Gasteiger partial charge in [0.25, 0.3) is 0 Å². The minimum atomic E-state index is -0.0628. The smallest absolute Gasteiger partial charge is 0.233 e. The number of ether oxygens (including phenoxy) is 4. The van der Waals surface area contributed by atoms with Crippen molar-refractivity contribution in [2.24, 2.45) is 23.7 Å². The van der Waals surface area contributed by atoms with E-state index in [-0.39, 0.29) is 103 Å². The summed E-state index contributed by atoms with van der Waals surface area (Å²) in [6, 6.07) is 38.3. The Morgan fingerprint density at radius 3 is 0.862 bits per heavy atom. The molecule has 1 saturated carbocycles. The van der Waals surface area contributed by atoms with E-state index in [4.69, 9.17) is 38.3 Å². The van der Waals surface area contributed by atoms with Crippen LogP contribution in [0.1, 0.15) is 28.7 Å². The number of hydrogen-bond donors (Lipinski definition) is 0. The summed E-state index contributed by atoms with van der Waals surface area (Å²) < 4.78 is 25.0. The third kappa shape index (κ3) is 19.2. The number of hydroxylamine groups is 8. The lowest BCUT2D eigenvalue weighted by molar-refractivity contribution is -0.183. The summed E-state index contributed by atoms with van der Waals surface area (Å²) >= 11 is 0. The second-order valence-corrected chi connectivity index (χ2v) is 15.4. The average Bonchev–Trinajstić information content (AvgIpc) is 3.69. The first-order chi connectivity index (χ1) is 32.1. The highest BCUT2D eigenvalue weighted by Crippen LogP contribution is 2.42. The van der Waals surface area contributed by atoms with E-state index in [1.165, 1.54) is 20.3 Å². The highest BCUT2D eigenvalue weighted by molar-refractivity contribution is 5.46. The average molecular weight is 899 g/mol. The fraction of sp³-hybridized carbons (Fsp3) is 0.429. The molecule has 1 fully saturated rings. The van der Waals surface area contributed by atoms with Crippen LogP contribution in [0.5, 0.6) is 0 Å². The first-order valence-corrected chi connectivity index (χ1v) is 21.9. The van der Waals surface area contributed by atoms with Crippen LogP contribution in [-0.4, -0.2) is 125 Å². The molecule has 0 heterocycles. The molecule has 0 aliphatic heterocycles. The van der Waals surface area contributed by atoms with Crippen molar-refractivity contribution in [3.05, 3.63) is 144 Å². The van der Waals surface area contributed by atoms with Crippen LogP contribution in [0.2, 0.25) is 0 Å². The molecular weight excluding hydrogens is 837 g/mol. The summed E-state index contributed by atoms with van der Waals surface area (Å²) in [6.07, 6.45) is 3.27. The minimum Gasteiger partial charge on any atom is -0.379 e. The van der Waals surface area contributed by atoms with Gasteiger partial charge in [-0.05, 0) is 52.3 Å². The zero-order chi connectivity index (χ0) is 45.6. The van der Waals surface area contributed by atoms with E-state index >= 15 is 0 Å². The number of carbonyl (C=O) groups excluding carboxylic acids is 4. The lowest BCUT2D eigenvalue weighted by Gasteiger charge is -2.28. The predicted octanol–water partition coefficient (Wildman–Crippen LogP) is 5.28. The summed E-state index contributed by atoms with van der Waals surface area (Å²) in [6.45, 7) is 4.17. The zero-order valence-electron chi connectivity index (χ0n) is 36.9. The van der Waals surface area contributed by atoms with Crippen molar-refractivity contribution in [1.29, 1.82) is 0 Å². The molecular formula is C49H62N4O12. The van der Waals surface area contributed by atoms with Gasteiger partial charge in [-0.3, -0.25) is 38.5 Å². The second-order valence-electron chi connectivity index (χ2n) is 15.4. The third-order valence-corrected chi connectivity index (χ3v) is 10.9.